The van der Waals surface area contributed by atoms with Gasteiger partial charge in [-0.25, -0.2) is 4.98 Å². The molecule has 4 heterocycles. The molecule has 0 radical (unpaired) electrons. The van der Waals surface area contributed by atoms with Crippen molar-refractivity contribution < 1.29 is 5.11 Å². The van der Waals surface area contributed by atoms with Gasteiger partial charge in [-0.1, -0.05) is 47.7 Å². The Morgan fingerprint density at radius 2 is 1.86 bits per heavy atom. The average Bonchev–Trinajstić information content (AvgIpc) is 3.44. The van der Waals surface area contributed by atoms with Crippen LogP contribution in [0.4, 0.5) is 0 Å². The van der Waals surface area contributed by atoms with E-state index in [9.17, 15) is 5.11 Å². The highest BCUT2D eigenvalue weighted by Gasteiger charge is 2.32. The minimum atomic E-state index is 0.0441. The van der Waals surface area contributed by atoms with Gasteiger partial charge in [0.25, 0.3) is 0 Å². The zero-order valence-electron chi connectivity index (χ0n) is 16.2. The molecular formula is C21H23N5OS2. The van der Waals surface area contributed by atoms with Crippen molar-refractivity contribution in [3.8, 4) is 5.88 Å². The van der Waals surface area contributed by atoms with E-state index >= 15 is 0 Å². The zero-order chi connectivity index (χ0) is 19.8. The maximum atomic E-state index is 10.9. The van der Waals surface area contributed by atoms with Gasteiger partial charge in [0, 0.05) is 37.6 Å². The molecule has 1 saturated heterocycles. The number of nitrogens with zero attached hydrogens (tertiary/aromatic N) is 5. The average molecular weight is 426 g/mol. The van der Waals surface area contributed by atoms with Crippen LogP contribution in [0.15, 0.2) is 47.8 Å². The van der Waals surface area contributed by atoms with Gasteiger partial charge in [-0.2, -0.15) is 4.52 Å². The van der Waals surface area contributed by atoms with E-state index in [1.54, 1.807) is 15.9 Å². The van der Waals surface area contributed by atoms with Crippen molar-refractivity contribution in [1.82, 2.24) is 24.4 Å². The zero-order valence-corrected chi connectivity index (χ0v) is 17.9. The lowest BCUT2D eigenvalue weighted by molar-refractivity contribution is 0.106. The van der Waals surface area contributed by atoms with Crippen LogP contribution in [-0.4, -0.2) is 55.7 Å². The second-order valence-electron chi connectivity index (χ2n) is 7.36. The first-order valence-corrected chi connectivity index (χ1v) is 11.5. The number of hydrogen-bond acceptors (Lipinski definition) is 7. The minimum Gasteiger partial charge on any atom is -0.492 e. The molecule has 0 bridgehead atoms. The third kappa shape index (κ3) is 3.69. The molecule has 1 aromatic carbocycles. The van der Waals surface area contributed by atoms with Crippen molar-refractivity contribution in [2.24, 2.45) is 0 Å². The Morgan fingerprint density at radius 3 is 2.55 bits per heavy atom. The number of benzene rings is 1. The predicted molar refractivity (Wildman–Crippen MR) is 117 cm³/mol. The fourth-order valence-corrected chi connectivity index (χ4v) is 6.06. The summed E-state index contributed by atoms with van der Waals surface area (Å²) in [6, 6.07) is 14.9. The Hall–Kier alpha value is -2.26. The van der Waals surface area contributed by atoms with Crippen LogP contribution in [-0.2, 0) is 6.54 Å². The van der Waals surface area contributed by atoms with Crippen molar-refractivity contribution in [1.29, 1.82) is 0 Å². The van der Waals surface area contributed by atoms with Gasteiger partial charge in [0.05, 0.1) is 10.9 Å². The van der Waals surface area contributed by atoms with Crippen LogP contribution < -0.4 is 0 Å². The van der Waals surface area contributed by atoms with E-state index in [4.69, 9.17) is 0 Å². The first kappa shape index (κ1) is 18.7. The maximum Gasteiger partial charge on any atom is 0.230 e. The number of aryl methyl sites for hydroxylation is 1. The Labute approximate surface area is 177 Å². The molecule has 0 unspecified atom stereocenters. The van der Waals surface area contributed by atoms with Gasteiger partial charge < -0.3 is 5.11 Å². The van der Waals surface area contributed by atoms with E-state index in [0.29, 0.717) is 5.82 Å². The molecule has 4 aromatic rings. The molecule has 1 aliphatic heterocycles. The van der Waals surface area contributed by atoms with Crippen LogP contribution >= 0.6 is 22.7 Å². The van der Waals surface area contributed by atoms with E-state index in [-0.39, 0.29) is 11.9 Å². The highest BCUT2D eigenvalue weighted by Crippen LogP contribution is 2.41. The van der Waals surface area contributed by atoms with Crippen LogP contribution in [0.3, 0.4) is 0 Å². The highest BCUT2D eigenvalue weighted by atomic mass is 32.1. The topological polar surface area (TPSA) is 56.9 Å². The van der Waals surface area contributed by atoms with Gasteiger partial charge in [-0.15, -0.1) is 16.4 Å². The summed E-state index contributed by atoms with van der Waals surface area (Å²) in [7, 11) is 0. The van der Waals surface area contributed by atoms with Crippen molar-refractivity contribution in [3.05, 3.63) is 69.0 Å². The molecule has 0 amide bonds. The number of hydrogen-bond donors (Lipinski definition) is 1. The van der Waals surface area contributed by atoms with E-state index in [1.165, 1.54) is 21.8 Å². The van der Waals surface area contributed by atoms with Crippen molar-refractivity contribution in [2.45, 2.75) is 19.5 Å². The van der Waals surface area contributed by atoms with E-state index in [0.717, 1.165) is 42.6 Å². The van der Waals surface area contributed by atoms with Crippen LogP contribution in [0.2, 0.25) is 0 Å². The second-order valence-corrected chi connectivity index (χ2v) is 9.35. The summed E-state index contributed by atoms with van der Waals surface area (Å²) in [5, 5.41) is 17.3. The van der Waals surface area contributed by atoms with Gasteiger partial charge in [0.2, 0.25) is 10.8 Å². The highest BCUT2D eigenvalue weighted by molar-refractivity contribution is 7.17. The quantitative estimate of drug-likeness (QED) is 0.527. The minimum absolute atomic E-state index is 0.0441. The molecule has 6 nitrogen and oxygen atoms in total. The monoisotopic (exact) mass is 425 g/mol. The molecule has 150 valence electrons. The Kier molecular flexibility index (Phi) is 5.09. The summed E-state index contributed by atoms with van der Waals surface area (Å²) >= 11 is 3.28. The molecule has 1 fully saturated rings. The maximum absolute atomic E-state index is 10.9. The molecule has 5 rings (SSSR count). The summed E-state index contributed by atoms with van der Waals surface area (Å²) in [5.74, 6) is 0.899. The first-order valence-electron chi connectivity index (χ1n) is 9.78. The first-order chi connectivity index (χ1) is 14.2. The predicted octanol–water partition coefficient (Wildman–Crippen LogP) is 3.77. The largest absolute Gasteiger partial charge is 0.492 e. The van der Waals surface area contributed by atoms with Gasteiger partial charge >= 0.3 is 0 Å². The number of aromatic hydroxyl groups is 1. The van der Waals surface area contributed by atoms with Gasteiger partial charge in [0.1, 0.15) is 5.82 Å². The molecule has 8 heteroatoms. The third-order valence-corrected chi connectivity index (χ3v) is 7.38. The number of thiazole rings is 1. The summed E-state index contributed by atoms with van der Waals surface area (Å²) in [6.45, 7) is 6.78. The number of thiophene rings is 1. The van der Waals surface area contributed by atoms with Crippen molar-refractivity contribution in [2.75, 3.05) is 26.2 Å². The lowest BCUT2D eigenvalue weighted by atomic mass is 10.1. The molecule has 1 N–H and O–H groups in total. The Bertz CT molecular complexity index is 1080. The molecule has 3 aromatic heterocycles. The van der Waals surface area contributed by atoms with Crippen LogP contribution in [0.25, 0.3) is 4.96 Å². The second kappa shape index (κ2) is 7.87. The normalized spacial score (nSPS) is 17.1. The standard InChI is InChI=1S/C21H23N5OS2/c1-15-22-21-26(23-15)20(27)19(29-21)18(17-8-5-13-28-17)25-11-9-24(10-12-25)14-16-6-3-2-4-7-16/h2-8,13,18,27H,9-12,14H2,1H3/t18-/m1/s1. The molecule has 0 aliphatic carbocycles. The summed E-state index contributed by atoms with van der Waals surface area (Å²) < 4.78 is 1.57. The fourth-order valence-electron chi connectivity index (χ4n) is 3.97. The molecule has 1 atom stereocenters. The van der Waals surface area contributed by atoms with Crippen molar-refractivity contribution >= 4 is 27.6 Å². The summed E-state index contributed by atoms with van der Waals surface area (Å²) in [6.07, 6.45) is 0. The number of aromatic nitrogens is 3. The fraction of sp³-hybridized carbons (Fsp3) is 0.333. The number of rotatable bonds is 5. The molecule has 1 aliphatic rings. The third-order valence-electron chi connectivity index (χ3n) is 5.39. The lowest BCUT2D eigenvalue weighted by Crippen LogP contribution is -2.47. The molecule has 0 saturated carbocycles. The van der Waals surface area contributed by atoms with E-state index in [1.807, 2.05) is 6.92 Å². The molecule has 0 spiro atoms. The van der Waals surface area contributed by atoms with Gasteiger partial charge in [0.15, 0.2) is 0 Å². The number of fused-ring (bicyclic) bond motifs is 1. The SMILES string of the molecule is Cc1nc2sc([C@@H](c3cccs3)N3CCN(Cc4ccccc4)CC3)c(O)n2n1. The summed E-state index contributed by atoms with van der Waals surface area (Å²) in [5.41, 5.74) is 1.36. The Morgan fingerprint density at radius 1 is 1.07 bits per heavy atom. The van der Waals surface area contributed by atoms with E-state index < -0.39 is 0 Å². The smallest absolute Gasteiger partial charge is 0.230 e. The summed E-state index contributed by atoms with van der Waals surface area (Å²) in [4.78, 5) is 12.4. The van der Waals surface area contributed by atoms with E-state index in [2.05, 4.69) is 67.7 Å². The van der Waals surface area contributed by atoms with Gasteiger partial charge in [-0.05, 0) is 23.9 Å². The van der Waals surface area contributed by atoms with Crippen LogP contribution in [0.5, 0.6) is 5.88 Å². The Balaban J connectivity index is 1.38. The molecular weight excluding hydrogens is 402 g/mol. The lowest BCUT2D eigenvalue weighted by Gasteiger charge is -2.38. The number of piperazine rings is 1. The van der Waals surface area contributed by atoms with Crippen LogP contribution in [0, 0.1) is 6.92 Å². The van der Waals surface area contributed by atoms with Crippen molar-refractivity contribution in [3.63, 3.8) is 0 Å². The van der Waals surface area contributed by atoms with Gasteiger partial charge in [-0.3, -0.25) is 9.80 Å². The van der Waals surface area contributed by atoms with Crippen LogP contribution in [0.1, 0.15) is 27.2 Å². The molecule has 29 heavy (non-hydrogen) atoms.